The van der Waals surface area contributed by atoms with Gasteiger partial charge in [-0.05, 0) is 45.4 Å². The second-order valence-corrected chi connectivity index (χ2v) is 7.95. The highest BCUT2D eigenvalue weighted by molar-refractivity contribution is 7.09. The minimum absolute atomic E-state index is 0.337. The summed E-state index contributed by atoms with van der Waals surface area (Å²) in [6, 6.07) is 0. The zero-order valence-electron chi connectivity index (χ0n) is 16.1. The van der Waals surface area contributed by atoms with E-state index in [1.165, 1.54) is 25.7 Å². The highest BCUT2D eigenvalue weighted by Gasteiger charge is 2.33. The highest BCUT2D eigenvalue weighted by Crippen LogP contribution is 2.41. The van der Waals surface area contributed by atoms with Gasteiger partial charge in [-0.3, -0.25) is 4.99 Å². The summed E-state index contributed by atoms with van der Waals surface area (Å²) in [6.07, 6.45) is 7.28. The first-order valence-electron chi connectivity index (χ1n) is 9.68. The molecule has 1 aliphatic rings. The topological polar surface area (TPSA) is 58.5 Å². The Morgan fingerprint density at radius 3 is 2.76 bits per heavy atom. The summed E-state index contributed by atoms with van der Waals surface area (Å²) >= 11 is 1.71. The second-order valence-electron chi connectivity index (χ2n) is 6.88. The van der Waals surface area contributed by atoms with Crippen LogP contribution in [0.3, 0.4) is 0 Å². The number of hydrogen-bond acceptors (Lipinski definition) is 4. The van der Waals surface area contributed by atoms with Crippen molar-refractivity contribution < 1.29 is 4.74 Å². The van der Waals surface area contributed by atoms with Crippen LogP contribution in [0.15, 0.2) is 10.4 Å². The van der Waals surface area contributed by atoms with Gasteiger partial charge in [-0.1, -0.05) is 12.8 Å². The standard InChI is InChI=1S/C19H34N4OS/c1-4-20-18(21-12-8-17-14-25-16(3)23-17)22-15-19(9-6-7-10-19)11-13-24-5-2/h14H,4-13,15H2,1-3H3,(H2,20,21,22). The van der Waals surface area contributed by atoms with Crippen molar-refractivity contribution in [1.29, 1.82) is 0 Å². The molecule has 0 saturated heterocycles. The summed E-state index contributed by atoms with van der Waals surface area (Å²) < 4.78 is 5.60. The van der Waals surface area contributed by atoms with Crippen molar-refractivity contribution in [2.75, 3.05) is 32.8 Å². The molecule has 25 heavy (non-hydrogen) atoms. The molecule has 2 rings (SSSR count). The minimum Gasteiger partial charge on any atom is -0.382 e. The molecule has 142 valence electrons. The molecule has 1 aromatic rings. The van der Waals surface area contributed by atoms with Gasteiger partial charge in [0.25, 0.3) is 0 Å². The van der Waals surface area contributed by atoms with Crippen molar-refractivity contribution in [2.45, 2.75) is 59.3 Å². The Bertz CT molecular complexity index is 523. The summed E-state index contributed by atoms with van der Waals surface area (Å²) in [5, 5.41) is 10.1. The third kappa shape index (κ3) is 6.94. The van der Waals surface area contributed by atoms with Crippen molar-refractivity contribution in [3.8, 4) is 0 Å². The number of rotatable bonds is 10. The number of nitrogens with one attached hydrogen (secondary N) is 2. The van der Waals surface area contributed by atoms with Crippen LogP contribution >= 0.6 is 11.3 Å². The van der Waals surface area contributed by atoms with Crippen LogP contribution in [0.5, 0.6) is 0 Å². The van der Waals surface area contributed by atoms with Gasteiger partial charge in [0.1, 0.15) is 0 Å². The third-order valence-corrected chi connectivity index (χ3v) is 5.72. The Hall–Kier alpha value is -1.14. The van der Waals surface area contributed by atoms with E-state index in [2.05, 4.69) is 41.8 Å². The van der Waals surface area contributed by atoms with E-state index >= 15 is 0 Å². The lowest BCUT2D eigenvalue weighted by molar-refractivity contribution is 0.107. The number of thiazole rings is 1. The minimum atomic E-state index is 0.337. The fraction of sp³-hybridized carbons (Fsp3) is 0.789. The van der Waals surface area contributed by atoms with Crippen LogP contribution in [-0.2, 0) is 11.2 Å². The normalized spacial score (nSPS) is 17.0. The predicted molar refractivity (Wildman–Crippen MR) is 107 cm³/mol. The molecular formula is C19H34N4OS. The van der Waals surface area contributed by atoms with Gasteiger partial charge >= 0.3 is 0 Å². The second kappa shape index (κ2) is 10.8. The van der Waals surface area contributed by atoms with Crippen LogP contribution in [0.1, 0.15) is 56.7 Å². The Balaban J connectivity index is 1.85. The van der Waals surface area contributed by atoms with Gasteiger partial charge in [-0.15, -0.1) is 11.3 Å². The first-order chi connectivity index (χ1) is 12.2. The van der Waals surface area contributed by atoms with E-state index in [-0.39, 0.29) is 0 Å². The van der Waals surface area contributed by atoms with Crippen LogP contribution in [0.25, 0.3) is 0 Å². The molecule has 0 radical (unpaired) electrons. The molecule has 1 fully saturated rings. The van der Waals surface area contributed by atoms with E-state index in [0.29, 0.717) is 5.41 Å². The van der Waals surface area contributed by atoms with Crippen molar-refractivity contribution >= 4 is 17.3 Å². The van der Waals surface area contributed by atoms with Gasteiger partial charge in [0.15, 0.2) is 5.96 Å². The largest absolute Gasteiger partial charge is 0.382 e. The Kier molecular flexibility index (Phi) is 8.68. The lowest BCUT2D eigenvalue weighted by atomic mass is 9.83. The molecule has 0 unspecified atom stereocenters. The molecule has 0 bridgehead atoms. The molecule has 1 aliphatic carbocycles. The zero-order chi connectivity index (χ0) is 18.0. The summed E-state index contributed by atoms with van der Waals surface area (Å²) in [7, 11) is 0. The van der Waals surface area contributed by atoms with Crippen LogP contribution in [0.2, 0.25) is 0 Å². The average Bonchev–Trinajstić information content (AvgIpc) is 3.23. The zero-order valence-corrected chi connectivity index (χ0v) is 16.9. The molecule has 6 heteroatoms. The molecule has 0 spiro atoms. The lowest BCUT2D eigenvalue weighted by Gasteiger charge is -2.27. The molecule has 0 amide bonds. The maximum absolute atomic E-state index is 5.60. The summed E-state index contributed by atoms with van der Waals surface area (Å²) in [6.45, 7) is 10.5. The summed E-state index contributed by atoms with van der Waals surface area (Å²) in [5.41, 5.74) is 1.50. The Morgan fingerprint density at radius 1 is 1.32 bits per heavy atom. The van der Waals surface area contributed by atoms with Crippen LogP contribution < -0.4 is 10.6 Å². The number of aromatic nitrogens is 1. The molecule has 0 aromatic carbocycles. The summed E-state index contributed by atoms with van der Waals surface area (Å²) in [4.78, 5) is 9.42. The maximum atomic E-state index is 5.60. The van der Waals surface area contributed by atoms with Crippen molar-refractivity contribution in [2.24, 2.45) is 10.4 Å². The van der Waals surface area contributed by atoms with Gasteiger partial charge in [0, 0.05) is 44.6 Å². The van der Waals surface area contributed by atoms with Gasteiger partial charge in [-0.25, -0.2) is 4.98 Å². The molecule has 1 heterocycles. The van der Waals surface area contributed by atoms with E-state index in [4.69, 9.17) is 9.73 Å². The number of hydrogen-bond donors (Lipinski definition) is 2. The van der Waals surface area contributed by atoms with Crippen LogP contribution in [-0.4, -0.2) is 43.8 Å². The van der Waals surface area contributed by atoms with Gasteiger partial charge in [0.05, 0.1) is 10.7 Å². The first-order valence-corrected chi connectivity index (χ1v) is 10.6. The number of ether oxygens (including phenoxy) is 1. The SMILES string of the molecule is CCNC(=NCC1(CCOCC)CCCC1)NCCc1csc(C)n1. The van der Waals surface area contributed by atoms with Gasteiger partial charge in [0.2, 0.25) is 0 Å². The molecule has 1 aromatic heterocycles. The van der Waals surface area contributed by atoms with E-state index < -0.39 is 0 Å². The maximum Gasteiger partial charge on any atom is 0.191 e. The number of nitrogens with zero attached hydrogens (tertiary/aromatic N) is 2. The number of aliphatic imine (C=N–C) groups is 1. The molecule has 5 nitrogen and oxygen atoms in total. The van der Waals surface area contributed by atoms with Crippen molar-refractivity contribution in [3.63, 3.8) is 0 Å². The van der Waals surface area contributed by atoms with E-state index in [1.807, 2.05) is 0 Å². The van der Waals surface area contributed by atoms with E-state index in [1.54, 1.807) is 11.3 Å². The molecule has 1 saturated carbocycles. The lowest BCUT2D eigenvalue weighted by Crippen LogP contribution is -2.39. The predicted octanol–water partition coefficient (Wildman–Crippen LogP) is 3.54. The summed E-state index contributed by atoms with van der Waals surface area (Å²) in [5.74, 6) is 0.928. The quantitative estimate of drug-likeness (QED) is 0.378. The smallest absolute Gasteiger partial charge is 0.191 e. The molecular weight excluding hydrogens is 332 g/mol. The fourth-order valence-corrected chi connectivity index (χ4v) is 4.11. The van der Waals surface area contributed by atoms with Crippen molar-refractivity contribution in [1.82, 2.24) is 15.6 Å². The fourth-order valence-electron chi connectivity index (χ4n) is 3.47. The average molecular weight is 367 g/mol. The van der Waals surface area contributed by atoms with Crippen LogP contribution in [0.4, 0.5) is 0 Å². The van der Waals surface area contributed by atoms with Gasteiger partial charge < -0.3 is 15.4 Å². The molecule has 0 atom stereocenters. The third-order valence-electron chi connectivity index (χ3n) is 4.90. The molecule has 0 aliphatic heterocycles. The van der Waals surface area contributed by atoms with Crippen molar-refractivity contribution in [3.05, 3.63) is 16.1 Å². The van der Waals surface area contributed by atoms with Crippen LogP contribution in [0, 0.1) is 12.3 Å². The first kappa shape index (κ1) is 20.2. The number of aryl methyl sites for hydroxylation is 1. The molecule has 2 N–H and O–H groups in total. The Labute approximate surface area is 156 Å². The van der Waals surface area contributed by atoms with E-state index in [0.717, 1.165) is 62.4 Å². The van der Waals surface area contributed by atoms with Gasteiger partial charge in [-0.2, -0.15) is 0 Å². The highest BCUT2D eigenvalue weighted by atomic mass is 32.1. The Morgan fingerprint density at radius 2 is 2.12 bits per heavy atom. The monoisotopic (exact) mass is 366 g/mol. The van der Waals surface area contributed by atoms with E-state index in [9.17, 15) is 0 Å². The number of guanidine groups is 1.